The number of benzene rings is 1. The first-order chi connectivity index (χ1) is 8.16. The standard InChI is InChI=1S/C12H12N4O/c1-8-2-3-10(13)6-11(8)16-12(17)9-4-5-14-15-7-9/h2-7H,13H2,1H3,(H,16,17). The van der Waals surface area contributed by atoms with Gasteiger partial charge in [-0.05, 0) is 30.7 Å². The van der Waals surface area contributed by atoms with Crippen LogP contribution in [-0.2, 0) is 0 Å². The number of aromatic nitrogens is 2. The molecule has 0 bridgehead atoms. The highest BCUT2D eigenvalue weighted by Gasteiger charge is 2.07. The molecule has 0 aliphatic carbocycles. The molecule has 17 heavy (non-hydrogen) atoms. The summed E-state index contributed by atoms with van der Waals surface area (Å²) in [4.78, 5) is 11.9. The van der Waals surface area contributed by atoms with Crippen molar-refractivity contribution < 1.29 is 4.79 Å². The molecule has 0 saturated heterocycles. The third-order valence-electron chi connectivity index (χ3n) is 2.36. The summed E-state index contributed by atoms with van der Waals surface area (Å²) in [6.45, 7) is 1.90. The minimum absolute atomic E-state index is 0.228. The summed E-state index contributed by atoms with van der Waals surface area (Å²) in [7, 11) is 0. The van der Waals surface area contributed by atoms with Crippen LogP contribution in [-0.4, -0.2) is 16.1 Å². The lowest BCUT2D eigenvalue weighted by Crippen LogP contribution is -2.13. The molecule has 3 N–H and O–H groups in total. The molecule has 5 nitrogen and oxygen atoms in total. The van der Waals surface area contributed by atoms with Crippen LogP contribution in [0.15, 0.2) is 36.7 Å². The van der Waals surface area contributed by atoms with E-state index in [9.17, 15) is 4.79 Å². The molecule has 1 aromatic heterocycles. The number of nitrogens with zero attached hydrogens (tertiary/aromatic N) is 2. The van der Waals surface area contributed by atoms with E-state index in [1.807, 2.05) is 13.0 Å². The highest BCUT2D eigenvalue weighted by molar-refractivity contribution is 6.04. The van der Waals surface area contributed by atoms with Crippen molar-refractivity contribution in [1.29, 1.82) is 0 Å². The molecule has 86 valence electrons. The van der Waals surface area contributed by atoms with Crippen molar-refractivity contribution in [2.24, 2.45) is 0 Å². The Morgan fingerprint density at radius 2 is 2.12 bits per heavy atom. The van der Waals surface area contributed by atoms with Gasteiger partial charge in [-0.25, -0.2) is 0 Å². The van der Waals surface area contributed by atoms with Gasteiger partial charge in [0.1, 0.15) is 0 Å². The summed E-state index contributed by atoms with van der Waals surface area (Å²) in [6, 6.07) is 6.97. The molecule has 0 radical (unpaired) electrons. The summed E-state index contributed by atoms with van der Waals surface area (Å²) < 4.78 is 0. The molecule has 1 aromatic carbocycles. The molecule has 0 aliphatic rings. The van der Waals surface area contributed by atoms with E-state index in [-0.39, 0.29) is 5.91 Å². The van der Waals surface area contributed by atoms with E-state index >= 15 is 0 Å². The van der Waals surface area contributed by atoms with E-state index in [0.29, 0.717) is 16.9 Å². The van der Waals surface area contributed by atoms with E-state index in [2.05, 4.69) is 15.5 Å². The number of nitrogen functional groups attached to an aromatic ring is 1. The second-order valence-electron chi connectivity index (χ2n) is 3.66. The van der Waals surface area contributed by atoms with Gasteiger partial charge in [-0.15, -0.1) is 0 Å². The van der Waals surface area contributed by atoms with Crippen molar-refractivity contribution in [3.05, 3.63) is 47.8 Å². The van der Waals surface area contributed by atoms with Crippen molar-refractivity contribution in [3.63, 3.8) is 0 Å². The van der Waals surface area contributed by atoms with Crippen molar-refractivity contribution >= 4 is 17.3 Å². The lowest BCUT2D eigenvalue weighted by atomic mass is 10.1. The zero-order valence-electron chi connectivity index (χ0n) is 9.34. The molecule has 5 heteroatoms. The number of hydrogen-bond donors (Lipinski definition) is 2. The van der Waals surface area contributed by atoms with Crippen LogP contribution in [0.3, 0.4) is 0 Å². The van der Waals surface area contributed by atoms with Gasteiger partial charge >= 0.3 is 0 Å². The number of anilines is 2. The van der Waals surface area contributed by atoms with Crippen molar-refractivity contribution in [1.82, 2.24) is 10.2 Å². The maximum atomic E-state index is 11.9. The topological polar surface area (TPSA) is 80.9 Å². The molecule has 2 rings (SSSR count). The average molecular weight is 228 g/mol. The molecule has 0 saturated carbocycles. The SMILES string of the molecule is Cc1ccc(N)cc1NC(=O)c1ccnnc1. The van der Waals surface area contributed by atoms with Crippen LogP contribution in [0.5, 0.6) is 0 Å². The molecule has 0 aliphatic heterocycles. The number of rotatable bonds is 2. The molecule has 1 heterocycles. The van der Waals surface area contributed by atoms with Gasteiger partial charge in [0.25, 0.3) is 5.91 Å². The maximum Gasteiger partial charge on any atom is 0.257 e. The number of nitrogens with one attached hydrogen (secondary N) is 1. The van der Waals surface area contributed by atoms with Crippen LogP contribution >= 0.6 is 0 Å². The molecule has 0 atom stereocenters. The van der Waals surface area contributed by atoms with Gasteiger partial charge in [-0.3, -0.25) is 4.79 Å². The number of aryl methyl sites for hydroxylation is 1. The fourth-order valence-electron chi connectivity index (χ4n) is 1.39. The summed E-state index contributed by atoms with van der Waals surface area (Å²) >= 11 is 0. The monoisotopic (exact) mass is 228 g/mol. The van der Waals surface area contributed by atoms with E-state index in [1.165, 1.54) is 12.4 Å². The minimum Gasteiger partial charge on any atom is -0.399 e. The molecular formula is C12H12N4O. The number of carbonyl (C=O) groups excluding carboxylic acids is 1. The second kappa shape index (κ2) is 4.61. The second-order valence-corrected chi connectivity index (χ2v) is 3.66. The lowest BCUT2D eigenvalue weighted by molar-refractivity contribution is 0.102. The molecule has 0 spiro atoms. The van der Waals surface area contributed by atoms with Crippen LogP contribution in [0.2, 0.25) is 0 Å². The predicted molar refractivity (Wildman–Crippen MR) is 65.6 cm³/mol. The number of hydrogen-bond acceptors (Lipinski definition) is 4. The number of amides is 1. The smallest absolute Gasteiger partial charge is 0.257 e. The third kappa shape index (κ3) is 2.57. The number of nitrogens with two attached hydrogens (primary N) is 1. The summed E-state index contributed by atoms with van der Waals surface area (Å²) in [5.74, 6) is -0.228. The van der Waals surface area contributed by atoms with E-state index in [4.69, 9.17) is 5.73 Å². The first kappa shape index (κ1) is 11.1. The van der Waals surface area contributed by atoms with Crippen LogP contribution in [0.1, 0.15) is 15.9 Å². The van der Waals surface area contributed by atoms with Crippen LogP contribution in [0.4, 0.5) is 11.4 Å². The Kier molecular flexibility index (Phi) is 3.00. The van der Waals surface area contributed by atoms with Crippen molar-refractivity contribution in [2.45, 2.75) is 6.92 Å². The minimum atomic E-state index is -0.228. The molecule has 0 fully saturated rings. The fourth-order valence-corrected chi connectivity index (χ4v) is 1.39. The van der Waals surface area contributed by atoms with Crippen LogP contribution in [0.25, 0.3) is 0 Å². The highest BCUT2D eigenvalue weighted by atomic mass is 16.1. The average Bonchev–Trinajstić information content (AvgIpc) is 2.35. The Morgan fingerprint density at radius 3 is 2.82 bits per heavy atom. The zero-order chi connectivity index (χ0) is 12.3. The van der Waals surface area contributed by atoms with Crippen molar-refractivity contribution in [2.75, 3.05) is 11.1 Å². The van der Waals surface area contributed by atoms with Gasteiger partial charge in [0.05, 0.1) is 18.0 Å². The van der Waals surface area contributed by atoms with Crippen molar-refractivity contribution in [3.8, 4) is 0 Å². The predicted octanol–water partition coefficient (Wildman–Crippen LogP) is 1.62. The lowest BCUT2D eigenvalue weighted by Gasteiger charge is -2.08. The van der Waals surface area contributed by atoms with Crippen LogP contribution < -0.4 is 11.1 Å². The van der Waals surface area contributed by atoms with E-state index < -0.39 is 0 Å². The summed E-state index contributed by atoms with van der Waals surface area (Å²) in [6.07, 6.45) is 2.89. The quantitative estimate of drug-likeness (QED) is 0.765. The number of carbonyl (C=O) groups is 1. The van der Waals surface area contributed by atoms with E-state index in [1.54, 1.807) is 18.2 Å². The van der Waals surface area contributed by atoms with Crippen LogP contribution in [0, 0.1) is 6.92 Å². The van der Waals surface area contributed by atoms with E-state index in [0.717, 1.165) is 5.56 Å². The fraction of sp³-hybridized carbons (Fsp3) is 0.0833. The third-order valence-corrected chi connectivity index (χ3v) is 2.36. The van der Waals surface area contributed by atoms with Gasteiger partial charge < -0.3 is 11.1 Å². The molecular weight excluding hydrogens is 216 g/mol. The van der Waals surface area contributed by atoms with Gasteiger partial charge in [0.15, 0.2) is 0 Å². The Balaban J connectivity index is 2.22. The van der Waals surface area contributed by atoms with Gasteiger partial charge in [-0.2, -0.15) is 10.2 Å². The van der Waals surface area contributed by atoms with Gasteiger partial charge in [0, 0.05) is 11.4 Å². The highest BCUT2D eigenvalue weighted by Crippen LogP contribution is 2.18. The first-order valence-corrected chi connectivity index (χ1v) is 5.11. The zero-order valence-corrected chi connectivity index (χ0v) is 9.34. The Labute approximate surface area is 98.7 Å². The largest absolute Gasteiger partial charge is 0.399 e. The normalized spacial score (nSPS) is 9.94. The summed E-state index contributed by atoms with van der Waals surface area (Å²) in [5.41, 5.74) is 8.39. The van der Waals surface area contributed by atoms with Gasteiger partial charge in [-0.1, -0.05) is 6.07 Å². The molecule has 1 amide bonds. The Morgan fingerprint density at radius 1 is 1.29 bits per heavy atom. The Hall–Kier alpha value is -2.43. The molecule has 2 aromatic rings. The Bertz CT molecular complexity index is 539. The molecule has 0 unspecified atom stereocenters. The first-order valence-electron chi connectivity index (χ1n) is 5.11. The summed E-state index contributed by atoms with van der Waals surface area (Å²) in [5, 5.41) is 10.0. The van der Waals surface area contributed by atoms with Gasteiger partial charge in [0.2, 0.25) is 0 Å². The maximum absolute atomic E-state index is 11.9.